The summed E-state index contributed by atoms with van der Waals surface area (Å²) in [7, 11) is 1.63. The average Bonchev–Trinajstić information content (AvgIpc) is 3.27. The van der Waals surface area contributed by atoms with Gasteiger partial charge < -0.3 is 15.4 Å². The van der Waals surface area contributed by atoms with Gasteiger partial charge in [-0.1, -0.05) is 49.2 Å². The minimum absolute atomic E-state index is 0.162. The molecular weight excluding hydrogens is 364 g/mol. The summed E-state index contributed by atoms with van der Waals surface area (Å²) in [6.07, 6.45) is 4.37. The molecule has 1 amide bonds. The van der Waals surface area contributed by atoms with Gasteiger partial charge in [0, 0.05) is 29.4 Å². The maximum atomic E-state index is 12.8. The molecule has 1 aliphatic carbocycles. The Kier molecular flexibility index (Phi) is 5.70. The molecule has 2 aromatic carbocycles. The van der Waals surface area contributed by atoms with Crippen LogP contribution in [0.4, 0.5) is 11.5 Å². The Balaban J connectivity index is 1.66. The van der Waals surface area contributed by atoms with Crippen LogP contribution in [0.15, 0.2) is 60.7 Å². The van der Waals surface area contributed by atoms with Crippen LogP contribution in [0.1, 0.15) is 36.2 Å². The first-order valence-corrected chi connectivity index (χ1v) is 9.88. The molecule has 6 nitrogen and oxygen atoms in total. The number of methoxy groups -OCH3 is 1. The predicted molar refractivity (Wildman–Crippen MR) is 113 cm³/mol. The van der Waals surface area contributed by atoms with E-state index in [0.717, 1.165) is 42.7 Å². The number of ether oxygens (including phenoxy) is 1. The van der Waals surface area contributed by atoms with E-state index in [2.05, 4.69) is 20.6 Å². The number of carbonyl (C=O) groups excluding carboxylic acids is 1. The topological polar surface area (TPSA) is 76.1 Å². The van der Waals surface area contributed by atoms with E-state index >= 15 is 0 Å². The molecule has 1 fully saturated rings. The highest BCUT2D eigenvalue weighted by Crippen LogP contribution is 2.24. The van der Waals surface area contributed by atoms with E-state index in [4.69, 9.17) is 4.74 Å². The third kappa shape index (κ3) is 4.71. The van der Waals surface area contributed by atoms with Crippen LogP contribution in [0.2, 0.25) is 0 Å². The molecule has 3 aromatic rings. The van der Waals surface area contributed by atoms with Crippen molar-refractivity contribution in [3.8, 4) is 17.1 Å². The first-order valence-electron chi connectivity index (χ1n) is 9.88. The van der Waals surface area contributed by atoms with Gasteiger partial charge in [-0.05, 0) is 25.0 Å². The van der Waals surface area contributed by atoms with Gasteiger partial charge in [-0.15, -0.1) is 0 Å². The van der Waals surface area contributed by atoms with Crippen molar-refractivity contribution in [1.29, 1.82) is 0 Å². The first-order chi connectivity index (χ1) is 14.2. The maximum Gasteiger partial charge on any atom is 0.270 e. The number of nitrogens with zero attached hydrogens (tertiary/aromatic N) is 2. The van der Waals surface area contributed by atoms with Crippen molar-refractivity contribution in [3.05, 3.63) is 66.4 Å². The summed E-state index contributed by atoms with van der Waals surface area (Å²) >= 11 is 0. The Bertz CT molecular complexity index is 985. The van der Waals surface area contributed by atoms with Gasteiger partial charge in [-0.2, -0.15) is 0 Å². The number of hydrogen-bond acceptors (Lipinski definition) is 5. The van der Waals surface area contributed by atoms with Crippen molar-refractivity contribution >= 4 is 17.4 Å². The summed E-state index contributed by atoms with van der Waals surface area (Å²) in [5, 5.41) is 6.37. The standard InChI is InChI=1S/C23H24N4O2/c1-29-19-13-7-12-18(14-19)24-21-15-20(23(28)25-17-10-5-6-11-17)26-22(27-21)16-8-3-2-4-9-16/h2-4,7-9,12-15,17H,5-6,10-11H2,1H3,(H,25,28)(H,24,26,27). The van der Waals surface area contributed by atoms with Crippen LogP contribution in [0.5, 0.6) is 5.75 Å². The molecule has 1 aromatic heterocycles. The van der Waals surface area contributed by atoms with Crippen molar-refractivity contribution in [3.63, 3.8) is 0 Å². The third-order valence-corrected chi connectivity index (χ3v) is 5.02. The number of anilines is 2. The van der Waals surface area contributed by atoms with Crippen LogP contribution < -0.4 is 15.4 Å². The average molecular weight is 388 g/mol. The van der Waals surface area contributed by atoms with Crippen LogP contribution in [-0.4, -0.2) is 29.0 Å². The van der Waals surface area contributed by atoms with Gasteiger partial charge in [0.05, 0.1) is 7.11 Å². The molecule has 0 aliphatic heterocycles. The van der Waals surface area contributed by atoms with E-state index in [1.807, 2.05) is 54.6 Å². The van der Waals surface area contributed by atoms with Crippen LogP contribution >= 0.6 is 0 Å². The molecular formula is C23H24N4O2. The molecule has 0 saturated heterocycles. The maximum absolute atomic E-state index is 12.8. The second kappa shape index (κ2) is 8.73. The summed E-state index contributed by atoms with van der Waals surface area (Å²) in [4.78, 5) is 22.0. The molecule has 6 heteroatoms. The van der Waals surface area contributed by atoms with Crippen molar-refractivity contribution in [2.75, 3.05) is 12.4 Å². The molecule has 1 heterocycles. The Labute approximate surface area is 170 Å². The fourth-order valence-corrected chi connectivity index (χ4v) is 3.52. The SMILES string of the molecule is COc1cccc(Nc2cc(C(=O)NC3CCCC3)nc(-c3ccccc3)n2)c1. The quantitative estimate of drug-likeness (QED) is 0.647. The molecule has 0 spiro atoms. The number of aromatic nitrogens is 2. The summed E-state index contributed by atoms with van der Waals surface area (Å²) in [5.41, 5.74) is 2.04. The Morgan fingerprint density at radius 2 is 1.79 bits per heavy atom. The van der Waals surface area contributed by atoms with E-state index in [1.165, 1.54) is 0 Å². The Morgan fingerprint density at radius 3 is 2.55 bits per heavy atom. The number of carbonyl (C=O) groups is 1. The number of rotatable bonds is 6. The predicted octanol–water partition coefficient (Wildman–Crippen LogP) is 4.57. The lowest BCUT2D eigenvalue weighted by Gasteiger charge is -2.14. The number of benzene rings is 2. The Morgan fingerprint density at radius 1 is 1.00 bits per heavy atom. The van der Waals surface area contributed by atoms with Gasteiger partial charge in [0.1, 0.15) is 17.3 Å². The highest BCUT2D eigenvalue weighted by atomic mass is 16.5. The molecule has 0 unspecified atom stereocenters. The number of hydrogen-bond donors (Lipinski definition) is 2. The van der Waals surface area contributed by atoms with E-state index in [0.29, 0.717) is 17.3 Å². The second-order valence-electron chi connectivity index (χ2n) is 7.14. The molecule has 1 aliphatic rings. The summed E-state index contributed by atoms with van der Waals surface area (Å²) < 4.78 is 5.29. The van der Waals surface area contributed by atoms with Gasteiger partial charge in [-0.3, -0.25) is 4.79 Å². The molecule has 0 bridgehead atoms. The number of amides is 1. The normalized spacial score (nSPS) is 13.8. The minimum atomic E-state index is -0.162. The molecule has 0 radical (unpaired) electrons. The largest absolute Gasteiger partial charge is 0.497 e. The fourth-order valence-electron chi connectivity index (χ4n) is 3.52. The minimum Gasteiger partial charge on any atom is -0.497 e. The van der Waals surface area contributed by atoms with Gasteiger partial charge in [0.15, 0.2) is 5.82 Å². The van der Waals surface area contributed by atoms with E-state index in [-0.39, 0.29) is 11.9 Å². The Hall–Kier alpha value is -3.41. The third-order valence-electron chi connectivity index (χ3n) is 5.02. The highest BCUT2D eigenvalue weighted by molar-refractivity contribution is 5.93. The van der Waals surface area contributed by atoms with Gasteiger partial charge >= 0.3 is 0 Å². The van der Waals surface area contributed by atoms with Crippen LogP contribution in [-0.2, 0) is 0 Å². The first kappa shape index (κ1) is 18.9. The van der Waals surface area contributed by atoms with Gasteiger partial charge in [0.25, 0.3) is 5.91 Å². The van der Waals surface area contributed by atoms with Crippen molar-refractivity contribution in [2.45, 2.75) is 31.7 Å². The smallest absolute Gasteiger partial charge is 0.270 e. The van der Waals surface area contributed by atoms with E-state index in [9.17, 15) is 4.79 Å². The van der Waals surface area contributed by atoms with E-state index in [1.54, 1.807) is 13.2 Å². The van der Waals surface area contributed by atoms with Crippen molar-refractivity contribution in [1.82, 2.24) is 15.3 Å². The lowest BCUT2D eigenvalue weighted by Crippen LogP contribution is -2.33. The zero-order chi connectivity index (χ0) is 20.1. The summed E-state index contributed by atoms with van der Waals surface area (Å²) in [5.74, 6) is 1.65. The molecule has 1 saturated carbocycles. The van der Waals surface area contributed by atoms with Gasteiger partial charge in [-0.25, -0.2) is 9.97 Å². The molecule has 29 heavy (non-hydrogen) atoms. The summed E-state index contributed by atoms with van der Waals surface area (Å²) in [6, 6.07) is 19.2. The van der Waals surface area contributed by atoms with E-state index < -0.39 is 0 Å². The molecule has 4 rings (SSSR count). The highest BCUT2D eigenvalue weighted by Gasteiger charge is 2.20. The van der Waals surface area contributed by atoms with Crippen molar-refractivity contribution in [2.24, 2.45) is 0 Å². The second-order valence-corrected chi connectivity index (χ2v) is 7.14. The van der Waals surface area contributed by atoms with Crippen molar-refractivity contribution < 1.29 is 9.53 Å². The summed E-state index contributed by atoms with van der Waals surface area (Å²) in [6.45, 7) is 0. The van der Waals surface area contributed by atoms with Gasteiger partial charge in [0.2, 0.25) is 0 Å². The van der Waals surface area contributed by atoms with Crippen LogP contribution in [0.3, 0.4) is 0 Å². The lowest BCUT2D eigenvalue weighted by molar-refractivity contribution is 0.0933. The molecule has 148 valence electrons. The lowest BCUT2D eigenvalue weighted by atomic mass is 10.2. The monoisotopic (exact) mass is 388 g/mol. The number of nitrogens with one attached hydrogen (secondary N) is 2. The molecule has 0 atom stereocenters. The fraction of sp³-hybridized carbons (Fsp3) is 0.261. The molecule has 2 N–H and O–H groups in total. The van der Waals surface area contributed by atoms with Crippen LogP contribution in [0, 0.1) is 0 Å². The zero-order valence-electron chi connectivity index (χ0n) is 16.4. The van der Waals surface area contributed by atoms with Crippen LogP contribution in [0.25, 0.3) is 11.4 Å². The zero-order valence-corrected chi connectivity index (χ0v) is 16.4.